The summed E-state index contributed by atoms with van der Waals surface area (Å²) in [6.07, 6.45) is 0. The van der Waals surface area contributed by atoms with Crippen LogP contribution in [0.15, 0.2) is 18.2 Å². The standard InChI is InChI=1S/C14H22N4O2/c1-4-18(5-2)13(19)9-17(3)10-6-7-12(15)11(8-10)14(16)20/h6-8H,4-5,9,15H2,1-3H3,(H2,16,20). The molecule has 1 rings (SSSR count). The highest BCUT2D eigenvalue weighted by Gasteiger charge is 2.14. The molecule has 0 aromatic heterocycles. The van der Waals surface area contributed by atoms with E-state index < -0.39 is 5.91 Å². The minimum atomic E-state index is -0.576. The Labute approximate surface area is 119 Å². The SMILES string of the molecule is CCN(CC)C(=O)CN(C)c1ccc(N)c(C(N)=O)c1. The molecule has 6 nitrogen and oxygen atoms in total. The maximum absolute atomic E-state index is 12.0. The highest BCUT2D eigenvalue weighted by molar-refractivity contribution is 5.99. The number of primary amides is 1. The molecule has 0 heterocycles. The van der Waals surface area contributed by atoms with Crippen LogP contribution in [0.1, 0.15) is 24.2 Å². The summed E-state index contributed by atoms with van der Waals surface area (Å²) in [7, 11) is 1.79. The van der Waals surface area contributed by atoms with Crippen molar-refractivity contribution in [2.45, 2.75) is 13.8 Å². The number of hydrogen-bond acceptors (Lipinski definition) is 4. The number of likely N-dealkylation sites (N-methyl/N-ethyl adjacent to an activating group) is 2. The van der Waals surface area contributed by atoms with Gasteiger partial charge in [-0.2, -0.15) is 0 Å². The van der Waals surface area contributed by atoms with Crippen molar-refractivity contribution in [3.05, 3.63) is 23.8 Å². The van der Waals surface area contributed by atoms with Crippen LogP contribution in [-0.2, 0) is 4.79 Å². The van der Waals surface area contributed by atoms with Crippen LogP contribution in [0.2, 0.25) is 0 Å². The first-order valence-electron chi connectivity index (χ1n) is 6.58. The Kier molecular flexibility index (Phi) is 5.37. The molecule has 1 aromatic carbocycles. The highest BCUT2D eigenvalue weighted by Crippen LogP contribution is 2.20. The van der Waals surface area contributed by atoms with E-state index in [1.165, 1.54) is 0 Å². The molecular weight excluding hydrogens is 256 g/mol. The summed E-state index contributed by atoms with van der Waals surface area (Å²) in [5.41, 5.74) is 12.3. The predicted molar refractivity (Wildman–Crippen MR) is 80.6 cm³/mol. The second-order valence-corrected chi connectivity index (χ2v) is 4.56. The third-order valence-electron chi connectivity index (χ3n) is 3.23. The zero-order chi connectivity index (χ0) is 15.3. The fourth-order valence-electron chi connectivity index (χ4n) is 1.97. The number of benzene rings is 1. The van der Waals surface area contributed by atoms with Crippen molar-refractivity contribution in [1.82, 2.24) is 4.90 Å². The number of nitrogen functional groups attached to an aromatic ring is 1. The number of amides is 2. The highest BCUT2D eigenvalue weighted by atomic mass is 16.2. The van der Waals surface area contributed by atoms with Crippen molar-refractivity contribution in [1.29, 1.82) is 0 Å². The number of carbonyl (C=O) groups is 2. The van der Waals surface area contributed by atoms with Crippen LogP contribution < -0.4 is 16.4 Å². The number of rotatable bonds is 6. The molecule has 0 bridgehead atoms. The summed E-state index contributed by atoms with van der Waals surface area (Å²) in [4.78, 5) is 26.8. The van der Waals surface area contributed by atoms with Gasteiger partial charge in [0.05, 0.1) is 12.1 Å². The number of nitrogens with two attached hydrogens (primary N) is 2. The molecule has 110 valence electrons. The van der Waals surface area contributed by atoms with Gasteiger partial charge in [-0.3, -0.25) is 9.59 Å². The summed E-state index contributed by atoms with van der Waals surface area (Å²) >= 11 is 0. The fourth-order valence-corrected chi connectivity index (χ4v) is 1.97. The number of anilines is 2. The first-order chi connectivity index (χ1) is 9.40. The lowest BCUT2D eigenvalue weighted by Crippen LogP contribution is -2.38. The van der Waals surface area contributed by atoms with Crippen molar-refractivity contribution in [2.24, 2.45) is 5.73 Å². The second-order valence-electron chi connectivity index (χ2n) is 4.56. The van der Waals surface area contributed by atoms with Crippen LogP contribution in [0.25, 0.3) is 0 Å². The molecule has 0 radical (unpaired) electrons. The van der Waals surface area contributed by atoms with Gasteiger partial charge in [0.15, 0.2) is 0 Å². The lowest BCUT2D eigenvalue weighted by Gasteiger charge is -2.24. The minimum absolute atomic E-state index is 0.0370. The molecule has 6 heteroatoms. The van der Waals surface area contributed by atoms with Crippen LogP contribution in [-0.4, -0.2) is 43.4 Å². The van der Waals surface area contributed by atoms with E-state index in [0.29, 0.717) is 18.8 Å². The molecule has 1 aromatic rings. The van der Waals surface area contributed by atoms with Crippen molar-refractivity contribution in [3.8, 4) is 0 Å². The summed E-state index contributed by atoms with van der Waals surface area (Å²) in [5.74, 6) is -0.539. The lowest BCUT2D eigenvalue weighted by molar-refractivity contribution is -0.129. The maximum Gasteiger partial charge on any atom is 0.250 e. The van der Waals surface area contributed by atoms with Crippen molar-refractivity contribution in [2.75, 3.05) is 37.3 Å². The molecular formula is C14H22N4O2. The summed E-state index contributed by atoms with van der Waals surface area (Å²) < 4.78 is 0. The van der Waals surface area contributed by atoms with Gasteiger partial charge in [0.2, 0.25) is 5.91 Å². The lowest BCUT2D eigenvalue weighted by atomic mass is 10.1. The van der Waals surface area contributed by atoms with Crippen molar-refractivity contribution < 1.29 is 9.59 Å². The van der Waals surface area contributed by atoms with E-state index in [4.69, 9.17) is 11.5 Å². The summed E-state index contributed by atoms with van der Waals surface area (Å²) in [6, 6.07) is 4.98. The van der Waals surface area contributed by atoms with Crippen molar-refractivity contribution in [3.63, 3.8) is 0 Å². The van der Waals surface area contributed by atoms with E-state index in [9.17, 15) is 9.59 Å². The molecule has 0 aliphatic heterocycles. The molecule has 0 fully saturated rings. The first-order valence-corrected chi connectivity index (χ1v) is 6.58. The Hall–Kier alpha value is -2.24. The zero-order valence-corrected chi connectivity index (χ0v) is 12.2. The van der Waals surface area contributed by atoms with Gasteiger partial charge in [0, 0.05) is 31.5 Å². The molecule has 4 N–H and O–H groups in total. The predicted octanol–water partition coefficient (Wildman–Crippen LogP) is 0.672. The molecule has 0 saturated carbocycles. The number of hydrogen-bond donors (Lipinski definition) is 2. The molecule has 0 unspecified atom stereocenters. The van der Waals surface area contributed by atoms with E-state index in [1.54, 1.807) is 35.0 Å². The van der Waals surface area contributed by atoms with Gasteiger partial charge >= 0.3 is 0 Å². The third-order valence-corrected chi connectivity index (χ3v) is 3.23. The minimum Gasteiger partial charge on any atom is -0.398 e. The van der Waals surface area contributed by atoms with Crippen LogP contribution in [0, 0.1) is 0 Å². The maximum atomic E-state index is 12.0. The average Bonchev–Trinajstić information content (AvgIpc) is 2.40. The largest absolute Gasteiger partial charge is 0.398 e. The topological polar surface area (TPSA) is 92.7 Å². The van der Waals surface area contributed by atoms with Crippen LogP contribution >= 0.6 is 0 Å². The molecule has 2 amide bonds. The van der Waals surface area contributed by atoms with Crippen LogP contribution in [0.4, 0.5) is 11.4 Å². The quantitative estimate of drug-likeness (QED) is 0.748. The Morgan fingerprint density at radius 1 is 1.20 bits per heavy atom. The molecule has 0 saturated heterocycles. The fraction of sp³-hybridized carbons (Fsp3) is 0.429. The van der Waals surface area contributed by atoms with Crippen LogP contribution in [0.3, 0.4) is 0 Å². The van der Waals surface area contributed by atoms with Gasteiger partial charge in [0.25, 0.3) is 5.91 Å². The summed E-state index contributed by atoms with van der Waals surface area (Å²) in [6.45, 7) is 5.48. The monoisotopic (exact) mass is 278 g/mol. The van der Waals surface area contributed by atoms with Gasteiger partial charge < -0.3 is 21.3 Å². The molecule has 0 spiro atoms. The van der Waals surface area contributed by atoms with E-state index >= 15 is 0 Å². The van der Waals surface area contributed by atoms with E-state index in [-0.39, 0.29) is 18.0 Å². The van der Waals surface area contributed by atoms with Gasteiger partial charge in [0.1, 0.15) is 0 Å². The van der Waals surface area contributed by atoms with E-state index in [2.05, 4.69) is 0 Å². The Bertz CT molecular complexity index is 498. The number of nitrogens with zero attached hydrogens (tertiary/aromatic N) is 2. The van der Waals surface area contributed by atoms with Gasteiger partial charge in [-0.15, -0.1) is 0 Å². The zero-order valence-electron chi connectivity index (χ0n) is 12.2. The van der Waals surface area contributed by atoms with E-state index in [1.807, 2.05) is 13.8 Å². The molecule has 0 atom stereocenters. The smallest absolute Gasteiger partial charge is 0.250 e. The van der Waals surface area contributed by atoms with E-state index in [0.717, 1.165) is 5.69 Å². The summed E-state index contributed by atoms with van der Waals surface area (Å²) in [5, 5.41) is 0. The third kappa shape index (κ3) is 3.63. The molecule has 20 heavy (non-hydrogen) atoms. The Balaban J connectivity index is 2.87. The number of carbonyl (C=O) groups excluding carboxylic acids is 2. The van der Waals surface area contributed by atoms with Crippen molar-refractivity contribution >= 4 is 23.2 Å². The second kappa shape index (κ2) is 6.79. The first kappa shape index (κ1) is 15.8. The van der Waals surface area contributed by atoms with Gasteiger partial charge in [-0.25, -0.2) is 0 Å². The molecule has 0 aliphatic carbocycles. The van der Waals surface area contributed by atoms with Gasteiger partial charge in [-0.1, -0.05) is 0 Å². The normalized spacial score (nSPS) is 10.2. The van der Waals surface area contributed by atoms with Gasteiger partial charge in [-0.05, 0) is 32.0 Å². The Morgan fingerprint density at radius 3 is 2.30 bits per heavy atom. The Morgan fingerprint density at radius 2 is 1.80 bits per heavy atom. The van der Waals surface area contributed by atoms with Crippen LogP contribution in [0.5, 0.6) is 0 Å². The molecule has 0 aliphatic rings. The average molecular weight is 278 g/mol.